The first-order valence-corrected chi connectivity index (χ1v) is 7.15. The van der Waals surface area contributed by atoms with Crippen LogP contribution in [0.25, 0.3) is 6.08 Å². The molecule has 1 aromatic rings. The summed E-state index contributed by atoms with van der Waals surface area (Å²) in [5.74, 6) is 1.28. The van der Waals surface area contributed by atoms with Crippen molar-refractivity contribution in [1.29, 1.82) is 0 Å². The van der Waals surface area contributed by atoms with E-state index in [1.807, 2.05) is 35.2 Å². The van der Waals surface area contributed by atoms with E-state index in [1.165, 1.54) is 6.42 Å². The lowest BCUT2D eigenvalue weighted by molar-refractivity contribution is -0.128. The zero-order valence-electron chi connectivity index (χ0n) is 11.5. The molecule has 2 atom stereocenters. The number of nitrogens with zero attached hydrogens (tertiary/aromatic N) is 1. The lowest BCUT2D eigenvalue weighted by Crippen LogP contribution is -2.41. The highest BCUT2D eigenvalue weighted by Crippen LogP contribution is 2.21. The normalized spacial score (nSPS) is 23.8. The van der Waals surface area contributed by atoms with Crippen LogP contribution in [0, 0.1) is 11.8 Å². The Morgan fingerprint density at radius 1 is 1.32 bits per heavy atom. The van der Waals surface area contributed by atoms with Crippen molar-refractivity contribution >= 4 is 23.6 Å². The lowest BCUT2D eigenvalue weighted by atomic mass is 9.92. The molecule has 0 N–H and O–H groups in total. The Morgan fingerprint density at radius 2 is 2.00 bits per heavy atom. The summed E-state index contributed by atoms with van der Waals surface area (Å²) in [5.41, 5.74) is 0.957. The minimum Gasteiger partial charge on any atom is -0.339 e. The molecule has 1 aliphatic heterocycles. The van der Waals surface area contributed by atoms with Gasteiger partial charge in [0.15, 0.2) is 0 Å². The molecule has 0 radical (unpaired) electrons. The van der Waals surface area contributed by atoms with Crippen LogP contribution >= 0.6 is 11.6 Å². The zero-order valence-corrected chi connectivity index (χ0v) is 12.2. The molecule has 3 heteroatoms. The van der Waals surface area contributed by atoms with E-state index in [2.05, 4.69) is 13.8 Å². The molecule has 1 heterocycles. The topological polar surface area (TPSA) is 20.3 Å². The van der Waals surface area contributed by atoms with Gasteiger partial charge < -0.3 is 4.90 Å². The van der Waals surface area contributed by atoms with Gasteiger partial charge in [-0.1, -0.05) is 37.6 Å². The maximum absolute atomic E-state index is 12.2. The van der Waals surface area contributed by atoms with Crippen LogP contribution in [0.4, 0.5) is 0 Å². The first-order valence-electron chi connectivity index (χ1n) is 6.77. The maximum Gasteiger partial charge on any atom is 0.246 e. The fourth-order valence-corrected chi connectivity index (χ4v) is 2.92. The van der Waals surface area contributed by atoms with Crippen LogP contribution in [0.3, 0.4) is 0 Å². The van der Waals surface area contributed by atoms with Gasteiger partial charge in [0.05, 0.1) is 0 Å². The number of carbonyl (C=O) groups is 1. The number of hydrogen-bond donors (Lipinski definition) is 0. The van der Waals surface area contributed by atoms with Gasteiger partial charge in [-0.2, -0.15) is 0 Å². The monoisotopic (exact) mass is 277 g/mol. The van der Waals surface area contributed by atoms with Gasteiger partial charge in [-0.15, -0.1) is 0 Å². The molecule has 0 aliphatic carbocycles. The Morgan fingerprint density at radius 3 is 2.63 bits per heavy atom. The van der Waals surface area contributed by atoms with Crippen LogP contribution in [0.15, 0.2) is 30.3 Å². The Labute approximate surface area is 120 Å². The fraction of sp³-hybridized carbons (Fsp3) is 0.438. The predicted octanol–water partition coefficient (Wildman–Crippen LogP) is 3.86. The Balaban J connectivity index is 2.00. The van der Waals surface area contributed by atoms with Gasteiger partial charge in [-0.05, 0) is 42.0 Å². The third-order valence-electron chi connectivity index (χ3n) is 3.45. The van der Waals surface area contributed by atoms with Crippen molar-refractivity contribution in [3.8, 4) is 0 Å². The van der Waals surface area contributed by atoms with Gasteiger partial charge in [0.1, 0.15) is 0 Å². The molecule has 0 bridgehead atoms. The Kier molecular flexibility index (Phi) is 4.65. The third-order valence-corrected chi connectivity index (χ3v) is 3.68. The van der Waals surface area contributed by atoms with Gasteiger partial charge in [0, 0.05) is 24.2 Å². The van der Waals surface area contributed by atoms with Crippen LogP contribution < -0.4 is 0 Å². The quantitative estimate of drug-likeness (QED) is 0.752. The molecule has 0 aromatic heterocycles. The van der Waals surface area contributed by atoms with Crippen molar-refractivity contribution in [3.05, 3.63) is 40.9 Å². The van der Waals surface area contributed by atoms with Crippen molar-refractivity contribution in [1.82, 2.24) is 4.90 Å². The third kappa shape index (κ3) is 4.10. The minimum atomic E-state index is 0.0957. The van der Waals surface area contributed by atoms with E-state index in [0.717, 1.165) is 18.7 Å². The van der Waals surface area contributed by atoms with E-state index in [1.54, 1.807) is 6.08 Å². The number of rotatable bonds is 2. The number of halogens is 1. The number of hydrogen-bond acceptors (Lipinski definition) is 1. The average molecular weight is 278 g/mol. The molecule has 0 spiro atoms. The molecule has 19 heavy (non-hydrogen) atoms. The molecule has 2 nitrogen and oxygen atoms in total. The van der Waals surface area contributed by atoms with E-state index in [0.29, 0.717) is 16.9 Å². The van der Waals surface area contributed by atoms with Gasteiger partial charge in [0.25, 0.3) is 0 Å². The second kappa shape index (κ2) is 6.25. The van der Waals surface area contributed by atoms with Gasteiger partial charge in [-0.3, -0.25) is 4.79 Å². The summed E-state index contributed by atoms with van der Waals surface area (Å²) >= 11 is 5.92. The molecule has 2 rings (SSSR count). The fourth-order valence-electron chi connectivity index (χ4n) is 2.73. The summed E-state index contributed by atoms with van der Waals surface area (Å²) in [6.45, 7) is 6.14. The first-order chi connectivity index (χ1) is 9.04. The number of amides is 1. The highest BCUT2D eigenvalue weighted by atomic mass is 35.5. The van der Waals surface area contributed by atoms with Crippen molar-refractivity contribution in [2.24, 2.45) is 11.8 Å². The lowest BCUT2D eigenvalue weighted by Gasteiger charge is -2.34. The molecule has 1 saturated heterocycles. The van der Waals surface area contributed by atoms with Gasteiger partial charge in [-0.25, -0.2) is 0 Å². The van der Waals surface area contributed by atoms with Crippen LogP contribution in [-0.2, 0) is 4.79 Å². The number of likely N-dealkylation sites (tertiary alicyclic amines) is 1. The van der Waals surface area contributed by atoms with E-state index >= 15 is 0 Å². The molecule has 1 fully saturated rings. The highest BCUT2D eigenvalue weighted by molar-refractivity contribution is 6.30. The van der Waals surface area contributed by atoms with Crippen LogP contribution in [-0.4, -0.2) is 23.9 Å². The van der Waals surface area contributed by atoms with Crippen molar-refractivity contribution in [3.63, 3.8) is 0 Å². The minimum absolute atomic E-state index is 0.0957. The molecular formula is C16H20ClNO. The first kappa shape index (κ1) is 14.1. The second-order valence-electron chi connectivity index (χ2n) is 5.58. The second-order valence-corrected chi connectivity index (χ2v) is 6.01. The van der Waals surface area contributed by atoms with Gasteiger partial charge in [0.2, 0.25) is 5.91 Å². The Hall–Kier alpha value is -1.28. The summed E-state index contributed by atoms with van der Waals surface area (Å²) in [6, 6.07) is 7.51. The summed E-state index contributed by atoms with van der Waals surface area (Å²) in [7, 11) is 0. The molecule has 2 unspecified atom stereocenters. The van der Waals surface area contributed by atoms with E-state index in [9.17, 15) is 4.79 Å². The van der Waals surface area contributed by atoms with Crippen molar-refractivity contribution < 1.29 is 4.79 Å². The summed E-state index contributed by atoms with van der Waals surface area (Å²) in [6.07, 6.45) is 4.69. The number of benzene rings is 1. The predicted molar refractivity (Wildman–Crippen MR) is 80.0 cm³/mol. The van der Waals surface area contributed by atoms with E-state index < -0.39 is 0 Å². The zero-order chi connectivity index (χ0) is 13.8. The number of carbonyl (C=O) groups excluding carboxylic acids is 1. The van der Waals surface area contributed by atoms with Crippen molar-refractivity contribution in [2.75, 3.05) is 13.1 Å². The van der Waals surface area contributed by atoms with E-state index in [-0.39, 0.29) is 5.91 Å². The molecule has 1 aromatic carbocycles. The van der Waals surface area contributed by atoms with Crippen LogP contribution in [0.1, 0.15) is 25.8 Å². The maximum atomic E-state index is 12.2. The molecule has 1 amide bonds. The van der Waals surface area contributed by atoms with Crippen molar-refractivity contribution in [2.45, 2.75) is 20.3 Å². The average Bonchev–Trinajstić information content (AvgIpc) is 2.35. The largest absolute Gasteiger partial charge is 0.339 e. The standard InChI is InChI=1S/C16H20ClNO/c1-12-8-13(2)11-18(10-12)16(19)7-6-14-4-3-5-15(17)9-14/h3-7,9,12-13H,8,10-11H2,1-2H3. The summed E-state index contributed by atoms with van der Waals surface area (Å²) in [5, 5.41) is 0.690. The van der Waals surface area contributed by atoms with Gasteiger partial charge >= 0.3 is 0 Å². The number of piperidine rings is 1. The molecule has 0 saturated carbocycles. The summed E-state index contributed by atoms with van der Waals surface area (Å²) < 4.78 is 0. The van der Waals surface area contributed by atoms with Crippen LogP contribution in [0.2, 0.25) is 5.02 Å². The highest BCUT2D eigenvalue weighted by Gasteiger charge is 2.23. The molecule has 102 valence electrons. The Bertz CT molecular complexity index is 473. The van der Waals surface area contributed by atoms with E-state index in [4.69, 9.17) is 11.6 Å². The molecular weight excluding hydrogens is 258 g/mol. The molecule has 1 aliphatic rings. The van der Waals surface area contributed by atoms with Crippen LogP contribution in [0.5, 0.6) is 0 Å². The summed E-state index contributed by atoms with van der Waals surface area (Å²) in [4.78, 5) is 14.1. The smallest absolute Gasteiger partial charge is 0.246 e. The SMILES string of the molecule is CC1CC(C)CN(C(=O)C=Cc2cccc(Cl)c2)C1.